The van der Waals surface area contributed by atoms with E-state index in [0.717, 1.165) is 23.5 Å². The van der Waals surface area contributed by atoms with Gasteiger partial charge in [0.15, 0.2) is 0 Å². The van der Waals surface area contributed by atoms with Gasteiger partial charge in [0.2, 0.25) is 0 Å². The van der Waals surface area contributed by atoms with Gasteiger partial charge in [-0.1, -0.05) is 62.7 Å². The average Bonchev–Trinajstić information content (AvgIpc) is 3.06. The number of urea groups is 1. The number of nitrogens with one attached hydrogen (secondary N) is 1. The predicted molar refractivity (Wildman–Crippen MR) is 112 cm³/mol. The summed E-state index contributed by atoms with van der Waals surface area (Å²) in [6, 6.07) is 14.8. The minimum absolute atomic E-state index is 0.0214. The van der Waals surface area contributed by atoms with E-state index in [2.05, 4.69) is 63.3 Å². The molecule has 0 aromatic heterocycles. The van der Waals surface area contributed by atoms with Gasteiger partial charge in [-0.05, 0) is 42.0 Å². The Bertz CT molecular complexity index is 793. The third kappa shape index (κ3) is 4.07. The molecule has 2 amide bonds. The second kappa shape index (κ2) is 7.36. The number of hydrogen-bond acceptors (Lipinski definition) is 2. The highest BCUT2D eigenvalue weighted by atomic mass is 32.2. The van der Waals surface area contributed by atoms with E-state index >= 15 is 0 Å². The lowest BCUT2D eigenvalue weighted by Crippen LogP contribution is -2.34. The molecule has 1 atom stereocenters. The van der Waals surface area contributed by atoms with E-state index in [4.69, 9.17) is 0 Å². The maximum absolute atomic E-state index is 12.9. The Kier molecular flexibility index (Phi) is 5.33. The molecule has 2 aromatic rings. The summed E-state index contributed by atoms with van der Waals surface area (Å²) >= 11 is 1.83. The van der Waals surface area contributed by atoms with Crippen LogP contribution in [-0.4, -0.2) is 23.2 Å². The quantitative estimate of drug-likeness (QED) is 0.718. The molecule has 1 fully saturated rings. The number of rotatable bonds is 2. The molecule has 0 radical (unpaired) electrons. The minimum Gasteiger partial charge on any atom is -0.308 e. The van der Waals surface area contributed by atoms with E-state index in [1.165, 1.54) is 16.7 Å². The molecule has 4 heteroatoms. The molecule has 0 saturated carbocycles. The number of amides is 2. The zero-order chi connectivity index (χ0) is 18.9. The summed E-state index contributed by atoms with van der Waals surface area (Å²) in [5.41, 5.74) is 5.83. The summed E-state index contributed by atoms with van der Waals surface area (Å²) in [6.45, 7) is 11.5. The molecule has 0 spiro atoms. The van der Waals surface area contributed by atoms with Crippen molar-refractivity contribution in [2.45, 2.75) is 45.4 Å². The smallest absolute Gasteiger partial charge is 0.308 e. The zero-order valence-corrected chi connectivity index (χ0v) is 17.1. The van der Waals surface area contributed by atoms with Gasteiger partial charge in [-0.15, -0.1) is 11.8 Å². The van der Waals surface area contributed by atoms with Crippen LogP contribution in [-0.2, 0) is 5.41 Å². The largest absolute Gasteiger partial charge is 0.323 e. The molecule has 3 nitrogen and oxygen atoms in total. The first-order valence-electron chi connectivity index (χ1n) is 9.12. The topological polar surface area (TPSA) is 32.3 Å². The number of thioether (sulfide) groups is 1. The lowest BCUT2D eigenvalue weighted by atomic mass is 9.87. The standard InChI is InChI=1S/C22H28N2OS/c1-15-6-11-19(16(2)14-15)23-21(25)24-12-13-26-20(24)17-7-9-18(10-8-17)22(3,4)5/h6-11,14,20H,12-13H2,1-5H3,(H,23,25)/t20-/m0/s1. The van der Waals surface area contributed by atoms with Crippen molar-refractivity contribution >= 4 is 23.5 Å². The average molecular weight is 369 g/mol. The van der Waals surface area contributed by atoms with E-state index in [1.54, 1.807) is 0 Å². The molecular formula is C22H28N2OS. The first-order valence-corrected chi connectivity index (χ1v) is 10.2. The number of hydrogen-bond donors (Lipinski definition) is 1. The SMILES string of the molecule is Cc1ccc(NC(=O)N2CCS[C@H]2c2ccc(C(C)(C)C)cc2)c(C)c1. The van der Waals surface area contributed by atoms with Crippen molar-refractivity contribution in [1.29, 1.82) is 0 Å². The van der Waals surface area contributed by atoms with Crippen molar-refractivity contribution in [2.75, 3.05) is 17.6 Å². The van der Waals surface area contributed by atoms with Gasteiger partial charge in [-0.2, -0.15) is 0 Å². The van der Waals surface area contributed by atoms with E-state index in [9.17, 15) is 4.79 Å². The Morgan fingerprint density at radius 1 is 1.12 bits per heavy atom. The third-order valence-corrected chi connectivity index (χ3v) is 6.10. The Balaban J connectivity index is 1.76. The fraction of sp³-hybridized carbons (Fsp3) is 0.409. The summed E-state index contributed by atoms with van der Waals surface area (Å²) in [4.78, 5) is 14.8. The van der Waals surface area contributed by atoms with Crippen molar-refractivity contribution in [3.63, 3.8) is 0 Å². The zero-order valence-electron chi connectivity index (χ0n) is 16.3. The van der Waals surface area contributed by atoms with Crippen LogP contribution in [0.4, 0.5) is 10.5 Å². The van der Waals surface area contributed by atoms with Crippen LogP contribution in [0.5, 0.6) is 0 Å². The van der Waals surface area contributed by atoms with Crippen molar-refractivity contribution < 1.29 is 4.79 Å². The molecule has 2 aromatic carbocycles. The molecule has 0 aliphatic carbocycles. The van der Waals surface area contributed by atoms with Gasteiger partial charge < -0.3 is 10.2 Å². The van der Waals surface area contributed by atoms with Crippen LogP contribution in [0.2, 0.25) is 0 Å². The van der Waals surface area contributed by atoms with Crippen LogP contribution in [0.1, 0.15) is 48.4 Å². The van der Waals surface area contributed by atoms with Crippen molar-refractivity contribution in [3.05, 3.63) is 64.7 Å². The second-order valence-corrected chi connectivity index (χ2v) is 9.23. The van der Waals surface area contributed by atoms with Gasteiger partial charge in [-0.25, -0.2) is 4.79 Å². The monoisotopic (exact) mass is 368 g/mol. The molecule has 1 N–H and O–H groups in total. The normalized spacial score (nSPS) is 17.4. The molecule has 1 heterocycles. The van der Waals surface area contributed by atoms with E-state index < -0.39 is 0 Å². The number of anilines is 1. The van der Waals surface area contributed by atoms with Gasteiger partial charge in [0, 0.05) is 18.0 Å². The van der Waals surface area contributed by atoms with Gasteiger partial charge in [0.1, 0.15) is 5.37 Å². The molecular weight excluding hydrogens is 340 g/mol. The number of aryl methyl sites for hydroxylation is 2. The molecule has 0 bridgehead atoms. The molecule has 26 heavy (non-hydrogen) atoms. The van der Waals surface area contributed by atoms with Crippen LogP contribution in [0.25, 0.3) is 0 Å². The molecule has 0 unspecified atom stereocenters. The lowest BCUT2D eigenvalue weighted by molar-refractivity contribution is 0.214. The Hall–Kier alpha value is -1.94. The number of carbonyl (C=O) groups excluding carboxylic acids is 1. The highest BCUT2D eigenvalue weighted by Gasteiger charge is 2.31. The summed E-state index contributed by atoms with van der Waals surface area (Å²) in [5.74, 6) is 0.964. The van der Waals surface area contributed by atoms with Crippen LogP contribution < -0.4 is 5.32 Å². The van der Waals surface area contributed by atoms with Gasteiger partial charge in [0.05, 0.1) is 0 Å². The molecule has 1 aliphatic heterocycles. The fourth-order valence-corrected chi connectivity index (χ4v) is 4.50. The number of carbonyl (C=O) groups is 1. The summed E-state index contributed by atoms with van der Waals surface area (Å²) in [6.07, 6.45) is 0. The lowest BCUT2D eigenvalue weighted by Gasteiger charge is -2.26. The first kappa shape index (κ1) is 18.8. The summed E-state index contributed by atoms with van der Waals surface area (Å²) in [7, 11) is 0. The Labute approximate surface area is 161 Å². The van der Waals surface area contributed by atoms with Gasteiger partial charge >= 0.3 is 6.03 Å². The maximum Gasteiger partial charge on any atom is 0.323 e. The van der Waals surface area contributed by atoms with Crippen LogP contribution in [0.15, 0.2) is 42.5 Å². The third-order valence-electron chi connectivity index (χ3n) is 4.84. The number of nitrogens with zero attached hydrogens (tertiary/aromatic N) is 1. The summed E-state index contributed by atoms with van der Waals surface area (Å²) < 4.78 is 0. The highest BCUT2D eigenvalue weighted by molar-refractivity contribution is 7.99. The van der Waals surface area contributed by atoms with E-state index in [-0.39, 0.29) is 16.8 Å². The van der Waals surface area contributed by atoms with Crippen LogP contribution in [0, 0.1) is 13.8 Å². The van der Waals surface area contributed by atoms with Crippen molar-refractivity contribution in [2.24, 2.45) is 0 Å². The van der Waals surface area contributed by atoms with Crippen molar-refractivity contribution in [3.8, 4) is 0 Å². The molecule has 1 saturated heterocycles. The molecule has 1 aliphatic rings. The minimum atomic E-state index is -0.0214. The predicted octanol–water partition coefficient (Wildman–Crippen LogP) is 5.88. The highest BCUT2D eigenvalue weighted by Crippen LogP contribution is 2.39. The molecule has 138 valence electrons. The van der Waals surface area contributed by atoms with E-state index in [0.29, 0.717) is 0 Å². The van der Waals surface area contributed by atoms with E-state index in [1.807, 2.05) is 35.7 Å². The fourth-order valence-electron chi connectivity index (χ4n) is 3.24. The Morgan fingerprint density at radius 3 is 2.42 bits per heavy atom. The number of benzene rings is 2. The second-order valence-electron chi connectivity index (χ2n) is 8.04. The Morgan fingerprint density at radius 2 is 1.81 bits per heavy atom. The summed E-state index contributed by atoms with van der Waals surface area (Å²) in [5, 5.41) is 3.17. The molecule has 3 rings (SSSR count). The van der Waals surface area contributed by atoms with Crippen LogP contribution >= 0.6 is 11.8 Å². The first-order chi connectivity index (χ1) is 12.3. The van der Waals surface area contributed by atoms with Crippen molar-refractivity contribution in [1.82, 2.24) is 4.90 Å². The van der Waals surface area contributed by atoms with Crippen LogP contribution in [0.3, 0.4) is 0 Å². The van der Waals surface area contributed by atoms with Gasteiger partial charge in [0.25, 0.3) is 0 Å². The van der Waals surface area contributed by atoms with Gasteiger partial charge in [-0.3, -0.25) is 0 Å². The maximum atomic E-state index is 12.9.